The van der Waals surface area contributed by atoms with Gasteiger partial charge in [0.05, 0.1) is 18.1 Å². The Balaban J connectivity index is 1.48. The number of hydrogen-bond acceptors (Lipinski definition) is 5. The molecular weight excluding hydrogens is 334 g/mol. The number of nitrogens with one attached hydrogen (secondary N) is 2. The highest BCUT2D eigenvalue weighted by molar-refractivity contribution is 5.92. The molecule has 2 aromatic carbocycles. The molecule has 0 radical (unpaired) electrons. The quantitative estimate of drug-likeness (QED) is 0.635. The fourth-order valence-corrected chi connectivity index (χ4v) is 2.51. The number of H-pyrrole nitrogens is 1. The summed E-state index contributed by atoms with van der Waals surface area (Å²) in [5, 5.41) is 2.77. The van der Waals surface area contributed by atoms with Crippen LogP contribution < -0.4 is 10.1 Å². The largest absolute Gasteiger partial charge is 0.483 e. The molecule has 3 aromatic rings. The molecular formula is C19H19N3O4. The van der Waals surface area contributed by atoms with Crippen molar-refractivity contribution in [2.75, 3.05) is 20.3 Å². The summed E-state index contributed by atoms with van der Waals surface area (Å²) in [6.45, 7) is 0.245. The Morgan fingerprint density at radius 1 is 1.12 bits per heavy atom. The predicted molar refractivity (Wildman–Crippen MR) is 96.1 cm³/mol. The van der Waals surface area contributed by atoms with Crippen LogP contribution in [0.5, 0.6) is 5.75 Å². The second kappa shape index (κ2) is 8.15. The molecule has 1 aromatic heterocycles. The van der Waals surface area contributed by atoms with Crippen molar-refractivity contribution >= 4 is 22.9 Å². The van der Waals surface area contributed by atoms with Crippen LogP contribution in [0.2, 0.25) is 0 Å². The van der Waals surface area contributed by atoms with Gasteiger partial charge in [-0.3, -0.25) is 4.79 Å². The van der Waals surface area contributed by atoms with Crippen LogP contribution in [-0.2, 0) is 16.0 Å². The Hall–Kier alpha value is -3.35. The van der Waals surface area contributed by atoms with E-state index in [9.17, 15) is 9.59 Å². The SMILES string of the molecule is COC(=O)c1ccccc1OCC(=O)NCCc1nc2ccccc2[nH]1. The lowest BCUT2D eigenvalue weighted by Gasteiger charge is -2.10. The molecule has 1 heterocycles. The topological polar surface area (TPSA) is 93.3 Å². The van der Waals surface area contributed by atoms with Crippen molar-refractivity contribution in [2.45, 2.75) is 6.42 Å². The van der Waals surface area contributed by atoms with Crippen molar-refractivity contribution in [3.05, 3.63) is 59.9 Å². The minimum atomic E-state index is -0.508. The number of benzene rings is 2. The summed E-state index contributed by atoms with van der Waals surface area (Å²) < 4.78 is 10.1. The lowest BCUT2D eigenvalue weighted by molar-refractivity contribution is -0.123. The smallest absolute Gasteiger partial charge is 0.341 e. The number of aromatic nitrogens is 2. The minimum Gasteiger partial charge on any atom is -0.483 e. The van der Waals surface area contributed by atoms with E-state index in [2.05, 4.69) is 15.3 Å². The first-order chi connectivity index (χ1) is 12.7. The number of rotatable bonds is 7. The predicted octanol–water partition coefficient (Wildman–Crippen LogP) is 2.09. The Kier molecular flexibility index (Phi) is 5.48. The first kappa shape index (κ1) is 17.5. The molecule has 0 fully saturated rings. The number of methoxy groups -OCH3 is 1. The third-order valence-corrected chi connectivity index (χ3v) is 3.77. The van der Waals surface area contributed by atoms with Crippen LogP contribution in [0.3, 0.4) is 0 Å². The summed E-state index contributed by atoms with van der Waals surface area (Å²) in [4.78, 5) is 31.3. The van der Waals surface area contributed by atoms with Crippen LogP contribution in [-0.4, -0.2) is 42.1 Å². The molecule has 0 bridgehead atoms. The van der Waals surface area contributed by atoms with E-state index in [1.54, 1.807) is 24.3 Å². The highest BCUT2D eigenvalue weighted by atomic mass is 16.5. The number of nitrogens with zero attached hydrogens (tertiary/aromatic N) is 1. The van der Waals surface area contributed by atoms with Crippen LogP contribution in [0.1, 0.15) is 16.2 Å². The molecule has 3 rings (SSSR count). The number of para-hydroxylation sites is 3. The van der Waals surface area contributed by atoms with Crippen LogP contribution in [0.15, 0.2) is 48.5 Å². The molecule has 0 atom stereocenters. The molecule has 0 aliphatic heterocycles. The molecule has 7 heteroatoms. The number of amides is 1. The van der Waals surface area contributed by atoms with Crippen molar-refractivity contribution in [3.8, 4) is 5.75 Å². The second-order valence-electron chi connectivity index (χ2n) is 5.58. The van der Waals surface area contributed by atoms with E-state index in [0.29, 0.717) is 18.7 Å². The molecule has 2 N–H and O–H groups in total. The normalized spacial score (nSPS) is 10.5. The van der Waals surface area contributed by atoms with Gasteiger partial charge in [0, 0.05) is 13.0 Å². The lowest BCUT2D eigenvalue weighted by atomic mass is 10.2. The first-order valence-electron chi connectivity index (χ1n) is 8.18. The van der Waals surface area contributed by atoms with Gasteiger partial charge in [-0.05, 0) is 24.3 Å². The van der Waals surface area contributed by atoms with Gasteiger partial charge in [0.1, 0.15) is 17.1 Å². The highest BCUT2D eigenvalue weighted by Crippen LogP contribution is 2.18. The summed E-state index contributed by atoms with van der Waals surface area (Å²) in [6, 6.07) is 14.4. The summed E-state index contributed by atoms with van der Waals surface area (Å²) in [6.07, 6.45) is 0.583. The Labute approximate surface area is 150 Å². The van der Waals surface area contributed by atoms with Crippen LogP contribution in [0.4, 0.5) is 0 Å². The lowest BCUT2D eigenvalue weighted by Crippen LogP contribution is -2.31. The molecule has 0 saturated heterocycles. The number of ether oxygens (including phenoxy) is 2. The molecule has 0 aliphatic carbocycles. The standard InChI is InChI=1S/C19H19N3O4/c1-25-19(24)13-6-2-5-9-16(13)26-12-18(23)20-11-10-17-21-14-7-3-4-8-15(14)22-17/h2-9H,10-12H2,1H3,(H,20,23)(H,21,22). The second-order valence-corrected chi connectivity index (χ2v) is 5.58. The molecule has 134 valence electrons. The fourth-order valence-electron chi connectivity index (χ4n) is 2.51. The molecule has 7 nitrogen and oxygen atoms in total. The zero-order chi connectivity index (χ0) is 18.4. The van der Waals surface area contributed by atoms with Crippen molar-refractivity contribution in [2.24, 2.45) is 0 Å². The van der Waals surface area contributed by atoms with Gasteiger partial charge in [-0.1, -0.05) is 24.3 Å². The van der Waals surface area contributed by atoms with E-state index in [1.165, 1.54) is 7.11 Å². The maximum absolute atomic E-state index is 11.9. The molecule has 0 aliphatic rings. The van der Waals surface area contributed by atoms with Gasteiger partial charge in [-0.15, -0.1) is 0 Å². The van der Waals surface area contributed by atoms with Crippen molar-refractivity contribution < 1.29 is 19.1 Å². The van der Waals surface area contributed by atoms with Gasteiger partial charge in [0.15, 0.2) is 6.61 Å². The van der Waals surface area contributed by atoms with Crippen LogP contribution in [0, 0.1) is 0 Å². The number of fused-ring (bicyclic) bond motifs is 1. The van der Waals surface area contributed by atoms with E-state index in [0.717, 1.165) is 16.9 Å². The summed E-state index contributed by atoms with van der Waals surface area (Å²) >= 11 is 0. The Bertz CT molecular complexity index is 887. The average Bonchev–Trinajstić information content (AvgIpc) is 3.08. The molecule has 0 saturated carbocycles. The number of imidazole rings is 1. The Morgan fingerprint density at radius 3 is 2.69 bits per heavy atom. The van der Waals surface area contributed by atoms with E-state index in [-0.39, 0.29) is 18.1 Å². The number of carbonyl (C=O) groups excluding carboxylic acids is 2. The summed E-state index contributed by atoms with van der Waals surface area (Å²) in [7, 11) is 1.30. The van der Waals surface area contributed by atoms with Gasteiger partial charge >= 0.3 is 5.97 Å². The minimum absolute atomic E-state index is 0.186. The Morgan fingerprint density at radius 2 is 1.88 bits per heavy atom. The van der Waals surface area contributed by atoms with Crippen molar-refractivity contribution in [3.63, 3.8) is 0 Å². The van der Waals surface area contributed by atoms with Gasteiger partial charge < -0.3 is 19.8 Å². The highest BCUT2D eigenvalue weighted by Gasteiger charge is 2.13. The van der Waals surface area contributed by atoms with Gasteiger partial charge in [0.25, 0.3) is 5.91 Å². The number of aromatic amines is 1. The number of esters is 1. The van der Waals surface area contributed by atoms with Crippen molar-refractivity contribution in [1.82, 2.24) is 15.3 Å². The van der Waals surface area contributed by atoms with E-state index in [4.69, 9.17) is 9.47 Å². The first-order valence-corrected chi connectivity index (χ1v) is 8.18. The average molecular weight is 353 g/mol. The zero-order valence-electron chi connectivity index (χ0n) is 14.3. The van der Waals surface area contributed by atoms with E-state index in [1.807, 2.05) is 24.3 Å². The number of hydrogen-bond donors (Lipinski definition) is 2. The summed E-state index contributed by atoms with van der Waals surface area (Å²) in [5.74, 6) is 0.335. The van der Waals surface area contributed by atoms with E-state index >= 15 is 0 Å². The monoisotopic (exact) mass is 353 g/mol. The van der Waals surface area contributed by atoms with Gasteiger partial charge in [0.2, 0.25) is 0 Å². The summed E-state index contributed by atoms with van der Waals surface area (Å²) in [5.41, 5.74) is 2.15. The third-order valence-electron chi connectivity index (χ3n) is 3.77. The molecule has 1 amide bonds. The molecule has 26 heavy (non-hydrogen) atoms. The molecule has 0 spiro atoms. The number of carbonyl (C=O) groups is 2. The van der Waals surface area contributed by atoms with Gasteiger partial charge in [-0.25, -0.2) is 9.78 Å². The maximum Gasteiger partial charge on any atom is 0.341 e. The van der Waals surface area contributed by atoms with Crippen LogP contribution >= 0.6 is 0 Å². The molecule has 0 unspecified atom stereocenters. The van der Waals surface area contributed by atoms with Crippen LogP contribution in [0.25, 0.3) is 11.0 Å². The fraction of sp³-hybridized carbons (Fsp3) is 0.211. The maximum atomic E-state index is 11.9. The zero-order valence-corrected chi connectivity index (χ0v) is 14.3. The van der Waals surface area contributed by atoms with E-state index < -0.39 is 5.97 Å². The third kappa shape index (κ3) is 4.18. The van der Waals surface area contributed by atoms with Gasteiger partial charge in [-0.2, -0.15) is 0 Å². The van der Waals surface area contributed by atoms with Crippen molar-refractivity contribution in [1.29, 1.82) is 0 Å².